The predicted octanol–water partition coefficient (Wildman–Crippen LogP) is 17.6. The van der Waals surface area contributed by atoms with E-state index in [1.165, 1.54) is 0 Å². The molecule has 0 atom stereocenters. The van der Waals surface area contributed by atoms with Crippen molar-refractivity contribution in [1.82, 2.24) is 58.1 Å². The Hall–Kier alpha value is -12.3. The second kappa shape index (κ2) is 19.7. The first-order valence-electron chi connectivity index (χ1n) is 29.3. The summed E-state index contributed by atoms with van der Waals surface area (Å²) in [6.07, 6.45) is 0. The van der Waals surface area contributed by atoms with Crippen molar-refractivity contribution in [3.05, 3.63) is 279 Å². The van der Waals surface area contributed by atoms with Crippen molar-refractivity contribution in [2.75, 3.05) is 0 Å². The number of pyridine rings is 4. The normalized spacial score (nSPS) is 11.9. The third-order valence-electron chi connectivity index (χ3n) is 16.9. The van der Waals surface area contributed by atoms with Gasteiger partial charge >= 0.3 is 0 Å². The van der Waals surface area contributed by atoms with E-state index >= 15 is 0 Å². The molecule has 18 aromatic rings. The van der Waals surface area contributed by atoms with E-state index in [1.54, 1.807) is 0 Å². The van der Waals surface area contributed by atoms with Crippen molar-refractivity contribution in [2.24, 2.45) is 0 Å². The van der Waals surface area contributed by atoms with Crippen LogP contribution in [0.5, 0.6) is 0 Å². The van der Waals surface area contributed by atoms with Gasteiger partial charge < -0.3 is 0 Å². The summed E-state index contributed by atoms with van der Waals surface area (Å²) in [5, 5.41) is 9.14. The number of hydrogen-bond donors (Lipinski definition) is 0. The molecule has 0 radical (unpaired) electrons. The average Bonchev–Trinajstić information content (AvgIpc) is 1.97. The van der Waals surface area contributed by atoms with Gasteiger partial charge in [-0.2, -0.15) is 0 Å². The summed E-state index contributed by atoms with van der Waals surface area (Å²) in [7, 11) is 0. The topological polar surface area (TPSA) is 123 Å². The minimum absolute atomic E-state index is 0.265. The molecule has 0 spiro atoms. The number of nitrogens with zero attached hydrogens (tertiary/aromatic N) is 12. The molecule has 410 valence electrons. The molecule has 0 saturated carbocycles. The molecule has 0 amide bonds. The number of para-hydroxylation sites is 8. The molecule has 18 rings (SSSR count). The number of hydrogen-bond acceptors (Lipinski definition) is 8. The minimum Gasteiger partial charge on any atom is -0.294 e. The molecule has 0 fully saturated rings. The van der Waals surface area contributed by atoms with Crippen LogP contribution in [0.4, 0.5) is 0 Å². The Morgan fingerprint density at radius 3 is 0.534 bits per heavy atom. The first kappa shape index (κ1) is 49.2. The van der Waals surface area contributed by atoms with Crippen LogP contribution < -0.4 is 0 Å². The molecule has 0 saturated heterocycles. The van der Waals surface area contributed by atoms with Crippen LogP contribution in [-0.2, 0) is 0 Å². The lowest BCUT2D eigenvalue weighted by molar-refractivity contribution is 1.04. The molecule has 0 aliphatic heterocycles. The molecule has 12 nitrogen and oxygen atoms in total. The lowest BCUT2D eigenvalue weighted by Gasteiger charge is -2.13. The number of benzene rings is 8. The lowest BCUT2D eigenvalue weighted by atomic mass is 10.1. The van der Waals surface area contributed by atoms with Gasteiger partial charge in [0.15, 0.2) is 11.6 Å². The minimum atomic E-state index is 0.265. The van der Waals surface area contributed by atoms with E-state index in [4.69, 9.17) is 39.9 Å². The zero-order valence-corrected chi connectivity index (χ0v) is 46.9. The highest BCUT2D eigenvalue weighted by molar-refractivity contribution is 6.12. The molecule has 0 N–H and O–H groups in total. The third kappa shape index (κ3) is 7.79. The summed E-state index contributed by atoms with van der Waals surface area (Å²) < 4.78 is 8.86. The van der Waals surface area contributed by atoms with E-state index in [2.05, 4.69) is 212 Å². The van der Waals surface area contributed by atoms with E-state index in [9.17, 15) is 0 Å². The molecule has 0 unspecified atom stereocenters. The maximum absolute atomic E-state index is 5.45. The number of fused-ring (bicyclic) bond motifs is 12. The van der Waals surface area contributed by atoms with Gasteiger partial charge in [0.05, 0.1) is 89.7 Å². The van der Waals surface area contributed by atoms with Gasteiger partial charge in [0.1, 0.15) is 23.3 Å². The van der Waals surface area contributed by atoms with E-state index < -0.39 is 0 Å². The van der Waals surface area contributed by atoms with Gasteiger partial charge in [-0.15, -0.1) is 0 Å². The Morgan fingerprint density at radius 2 is 0.341 bits per heavy atom. The molecule has 88 heavy (non-hydrogen) atoms. The zero-order valence-electron chi connectivity index (χ0n) is 46.9. The van der Waals surface area contributed by atoms with Crippen LogP contribution in [0, 0.1) is 0 Å². The second-order valence-electron chi connectivity index (χ2n) is 21.9. The van der Waals surface area contributed by atoms with E-state index in [0.29, 0.717) is 45.6 Å². The van der Waals surface area contributed by atoms with Crippen molar-refractivity contribution < 1.29 is 0 Å². The highest BCUT2D eigenvalue weighted by Crippen LogP contribution is 2.38. The fourth-order valence-electron chi connectivity index (χ4n) is 13.1. The van der Waals surface area contributed by atoms with Crippen molar-refractivity contribution in [3.63, 3.8) is 0 Å². The van der Waals surface area contributed by atoms with E-state index in [1.807, 2.05) is 84.9 Å². The smallest absolute Gasteiger partial charge is 0.199 e. The van der Waals surface area contributed by atoms with Crippen molar-refractivity contribution in [2.45, 2.75) is 0 Å². The summed E-state index contributed by atoms with van der Waals surface area (Å²) in [6.45, 7) is 0. The average molecular weight is 1130 g/mol. The Balaban J connectivity index is 0.866. The molecule has 8 aromatic carbocycles. The lowest BCUT2D eigenvalue weighted by Crippen LogP contribution is -2.06. The highest BCUT2D eigenvalue weighted by atomic mass is 15.1. The molecule has 0 aliphatic rings. The first-order chi connectivity index (χ1) is 43.6. The Kier molecular flexibility index (Phi) is 11.0. The second-order valence-corrected chi connectivity index (χ2v) is 21.9. The van der Waals surface area contributed by atoms with E-state index in [0.717, 1.165) is 110 Å². The molecule has 0 aliphatic carbocycles. The maximum atomic E-state index is 5.45. The van der Waals surface area contributed by atoms with Gasteiger partial charge in [-0.05, 0) is 109 Å². The zero-order chi connectivity index (χ0) is 57.8. The monoisotopic (exact) mass is 1130 g/mol. The van der Waals surface area contributed by atoms with E-state index in [-0.39, 0.29) is 11.6 Å². The van der Waals surface area contributed by atoms with Crippen LogP contribution >= 0.6 is 0 Å². The Morgan fingerprint density at radius 1 is 0.159 bits per heavy atom. The van der Waals surface area contributed by atoms with Gasteiger partial charge in [0.2, 0.25) is 0 Å². The van der Waals surface area contributed by atoms with Gasteiger partial charge in [-0.1, -0.05) is 170 Å². The highest BCUT2D eigenvalue weighted by Gasteiger charge is 2.23. The molecule has 0 bridgehead atoms. The first-order valence-corrected chi connectivity index (χ1v) is 29.3. The van der Waals surface area contributed by atoms with Gasteiger partial charge in [-0.25, -0.2) is 39.9 Å². The van der Waals surface area contributed by atoms with Crippen molar-refractivity contribution in [1.29, 1.82) is 0 Å². The molecule has 12 heteroatoms. The standard InChI is InChI=1S/C76H46N12/c1-9-33-63-47(21-1)48-22-2-10-34-64(48)85(63)71-41-17-29-55(77-71)59-45-60(56-30-18-42-72(78-56)86-65-35-11-3-23-49(65)50-24-4-12-36-66(50)86)82-75(81-59)76-83-61(57-31-19-43-73(79-57)87-67-37-13-5-25-51(67)52-26-6-14-38-68(52)87)46-62(84-76)58-32-20-44-74(80-58)88-69-39-15-7-27-53(69)54-28-8-16-40-70(54)88/h1-46H. The van der Waals surface area contributed by atoms with Gasteiger partial charge in [0.25, 0.3) is 0 Å². The van der Waals surface area contributed by atoms with Crippen LogP contribution in [0.25, 0.3) is 168 Å². The predicted molar refractivity (Wildman–Crippen MR) is 353 cm³/mol. The fourth-order valence-corrected chi connectivity index (χ4v) is 13.1. The number of rotatable bonds is 9. The molecule has 10 heterocycles. The SMILES string of the molecule is c1cc(-c2cc(-c3cccc(-n4c5ccccc5c5ccccc54)n3)nc(-c3nc(-c4cccc(-n5c6ccccc6c6ccccc65)n4)cc(-c4cccc(-n5c6ccccc6c6ccccc65)n4)n3)n2)nc(-n2c3ccccc3c3ccccc32)c1. The molecule has 10 aromatic heterocycles. The Bertz CT molecular complexity index is 4940. The van der Waals surface area contributed by atoms with Crippen LogP contribution in [-0.4, -0.2) is 58.1 Å². The maximum Gasteiger partial charge on any atom is 0.199 e. The largest absolute Gasteiger partial charge is 0.294 e. The summed E-state index contributed by atoms with van der Waals surface area (Å²) in [5.74, 6) is 3.50. The van der Waals surface area contributed by atoms with Crippen LogP contribution in [0.2, 0.25) is 0 Å². The van der Waals surface area contributed by atoms with Crippen LogP contribution in [0.15, 0.2) is 279 Å². The van der Waals surface area contributed by atoms with Crippen LogP contribution in [0.3, 0.4) is 0 Å². The number of aromatic nitrogens is 12. The molecular weight excluding hydrogens is 1080 g/mol. The van der Waals surface area contributed by atoms with Gasteiger partial charge in [0, 0.05) is 43.1 Å². The van der Waals surface area contributed by atoms with Crippen molar-refractivity contribution >= 4 is 87.2 Å². The van der Waals surface area contributed by atoms with Crippen LogP contribution in [0.1, 0.15) is 0 Å². The summed E-state index contributed by atoms with van der Waals surface area (Å²) in [4.78, 5) is 43.5. The molecular formula is C76H46N12. The quantitative estimate of drug-likeness (QED) is 0.140. The third-order valence-corrected chi connectivity index (χ3v) is 16.9. The summed E-state index contributed by atoms with van der Waals surface area (Å²) >= 11 is 0. The van der Waals surface area contributed by atoms with Crippen molar-refractivity contribution in [3.8, 4) is 80.5 Å². The fraction of sp³-hybridized carbons (Fsp3) is 0. The van der Waals surface area contributed by atoms with Gasteiger partial charge in [-0.3, -0.25) is 18.3 Å². The Labute approximate surface area is 502 Å². The summed E-state index contributed by atoms with van der Waals surface area (Å²) in [5.41, 5.74) is 13.1. The summed E-state index contributed by atoms with van der Waals surface area (Å²) in [6, 6.07) is 95.8.